The molecular formula is C25H24FN3O2. The number of carbonyl (C=O) groups is 1. The zero-order chi connectivity index (χ0) is 21.8. The number of likely N-dealkylation sites (tertiary alicyclic amines) is 1. The van der Waals surface area contributed by atoms with Gasteiger partial charge in [-0.3, -0.25) is 0 Å². The molecular weight excluding hydrogens is 393 g/mol. The van der Waals surface area contributed by atoms with E-state index >= 15 is 0 Å². The summed E-state index contributed by atoms with van der Waals surface area (Å²) in [6, 6.07) is 13.6. The second-order valence-corrected chi connectivity index (χ2v) is 8.07. The maximum atomic E-state index is 13.1. The van der Waals surface area contributed by atoms with Crippen LogP contribution in [0, 0.1) is 34.9 Å². The van der Waals surface area contributed by atoms with Crippen LogP contribution in [0.25, 0.3) is 0 Å². The molecule has 6 heteroatoms. The lowest BCUT2D eigenvalue weighted by Gasteiger charge is -2.51. The first kappa shape index (κ1) is 20.9. The molecule has 0 bridgehead atoms. The highest BCUT2D eigenvalue weighted by atomic mass is 19.1. The summed E-state index contributed by atoms with van der Waals surface area (Å²) in [7, 11) is 0. The molecule has 2 aliphatic rings. The quantitative estimate of drug-likeness (QED) is 0.733. The van der Waals surface area contributed by atoms with Crippen molar-refractivity contribution in [3.05, 3.63) is 65.5 Å². The van der Waals surface area contributed by atoms with Crippen molar-refractivity contribution in [2.75, 3.05) is 11.9 Å². The van der Waals surface area contributed by atoms with Crippen molar-refractivity contribution in [2.24, 2.45) is 5.92 Å². The molecule has 2 aromatic carbocycles. The molecule has 2 aromatic rings. The van der Waals surface area contributed by atoms with Crippen molar-refractivity contribution in [3.63, 3.8) is 0 Å². The largest absolute Gasteiger partial charge is 0.394 e. The molecule has 1 aliphatic carbocycles. The molecule has 1 aliphatic heterocycles. The average Bonchev–Trinajstić information content (AvgIpc) is 3.28. The Morgan fingerprint density at radius 1 is 1.13 bits per heavy atom. The summed E-state index contributed by atoms with van der Waals surface area (Å²) >= 11 is 0. The molecule has 31 heavy (non-hydrogen) atoms. The maximum absolute atomic E-state index is 13.1. The number of hydrogen-bond acceptors (Lipinski definition) is 3. The lowest BCUT2D eigenvalue weighted by molar-refractivity contribution is 0.0224. The van der Waals surface area contributed by atoms with E-state index in [1.807, 2.05) is 24.3 Å². The minimum Gasteiger partial charge on any atom is -0.394 e. The van der Waals surface area contributed by atoms with Crippen molar-refractivity contribution in [3.8, 4) is 17.9 Å². The van der Waals surface area contributed by atoms with E-state index in [-0.39, 0.29) is 12.5 Å². The summed E-state index contributed by atoms with van der Waals surface area (Å²) in [5, 5.41) is 22.3. The predicted molar refractivity (Wildman–Crippen MR) is 116 cm³/mol. The van der Waals surface area contributed by atoms with Crippen LogP contribution in [0.15, 0.2) is 48.5 Å². The fraction of sp³-hybridized carbons (Fsp3) is 0.360. The van der Waals surface area contributed by atoms with Gasteiger partial charge in [0.1, 0.15) is 11.9 Å². The van der Waals surface area contributed by atoms with Gasteiger partial charge in [-0.1, -0.05) is 36.8 Å². The van der Waals surface area contributed by atoms with Gasteiger partial charge in [0.25, 0.3) is 0 Å². The van der Waals surface area contributed by atoms with Crippen LogP contribution in [0.3, 0.4) is 0 Å². The Labute approximate surface area is 181 Å². The van der Waals surface area contributed by atoms with Gasteiger partial charge in [0.05, 0.1) is 18.7 Å². The van der Waals surface area contributed by atoms with Crippen molar-refractivity contribution >= 4 is 11.7 Å². The molecule has 2 amide bonds. The lowest BCUT2D eigenvalue weighted by Crippen LogP contribution is -2.66. The van der Waals surface area contributed by atoms with Gasteiger partial charge in [-0.15, -0.1) is 0 Å². The average molecular weight is 417 g/mol. The Kier molecular flexibility index (Phi) is 6.21. The molecule has 0 aromatic heterocycles. The lowest BCUT2D eigenvalue weighted by atomic mass is 9.76. The smallest absolute Gasteiger partial charge is 0.323 e. The summed E-state index contributed by atoms with van der Waals surface area (Å²) in [6.45, 7) is -0.261. The van der Waals surface area contributed by atoms with Crippen molar-refractivity contribution in [1.29, 1.82) is 5.26 Å². The van der Waals surface area contributed by atoms with E-state index in [0.717, 1.165) is 11.1 Å². The van der Waals surface area contributed by atoms with Gasteiger partial charge >= 0.3 is 6.03 Å². The minimum absolute atomic E-state index is 0.261. The van der Waals surface area contributed by atoms with Crippen molar-refractivity contribution in [2.45, 2.75) is 43.7 Å². The van der Waals surface area contributed by atoms with Crippen molar-refractivity contribution in [1.82, 2.24) is 4.90 Å². The number of nitrogens with one attached hydrogen (secondary N) is 1. The third-order valence-electron chi connectivity index (χ3n) is 6.13. The van der Waals surface area contributed by atoms with Gasteiger partial charge in [0.15, 0.2) is 0 Å². The Morgan fingerprint density at radius 3 is 2.42 bits per heavy atom. The van der Waals surface area contributed by atoms with Crippen LogP contribution >= 0.6 is 0 Å². The summed E-state index contributed by atoms with van der Waals surface area (Å²) < 4.78 is 13.1. The van der Waals surface area contributed by atoms with E-state index in [2.05, 4.69) is 23.2 Å². The highest BCUT2D eigenvalue weighted by Crippen LogP contribution is 2.40. The second kappa shape index (κ2) is 9.20. The summed E-state index contributed by atoms with van der Waals surface area (Å²) in [5.74, 6) is 6.37. The normalized spacial score (nSPS) is 22.7. The van der Waals surface area contributed by atoms with Crippen LogP contribution < -0.4 is 5.32 Å². The summed E-state index contributed by atoms with van der Waals surface area (Å²) in [5.41, 5.74) is 2.24. The van der Waals surface area contributed by atoms with E-state index < -0.39 is 23.9 Å². The number of nitrogens with zero attached hydrogens (tertiary/aromatic N) is 2. The Hall–Kier alpha value is -3.35. The van der Waals surface area contributed by atoms with Crippen LogP contribution in [0.4, 0.5) is 14.9 Å². The van der Waals surface area contributed by atoms with Crippen LogP contribution in [-0.2, 0) is 0 Å². The number of anilines is 1. The third-order valence-corrected chi connectivity index (χ3v) is 6.13. The highest BCUT2D eigenvalue weighted by Gasteiger charge is 2.51. The SMILES string of the molecule is N#C[C@H]1[C@H](c2ccc(C#CC3CCCC3)cc2)[C@@H](CO)N1C(=O)Nc1ccc(F)cc1. The number of nitriles is 1. The minimum atomic E-state index is -0.701. The standard InChI is InChI=1S/C25H24FN3O2/c26-20-11-13-21(14-12-20)28-25(31)29-22(15-27)24(23(29)16-30)19-9-7-18(8-10-19)6-5-17-3-1-2-4-17/h7-14,17,22-24,30H,1-4,16H2,(H,28,31)/t22-,23+,24-/m0/s1. The van der Waals surface area contributed by atoms with E-state index in [9.17, 15) is 19.6 Å². The maximum Gasteiger partial charge on any atom is 0.323 e. The zero-order valence-electron chi connectivity index (χ0n) is 17.1. The highest BCUT2D eigenvalue weighted by molar-refractivity contribution is 5.91. The Bertz CT molecular complexity index is 1030. The van der Waals surface area contributed by atoms with E-state index in [1.165, 1.54) is 54.8 Å². The van der Waals surface area contributed by atoms with Crippen molar-refractivity contribution < 1.29 is 14.3 Å². The molecule has 1 saturated carbocycles. The van der Waals surface area contributed by atoms with Gasteiger partial charge in [-0.25, -0.2) is 9.18 Å². The first-order chi connectivity index (χ1) is 15.1. The predicted octanol–water partition coefficient (Wildman–Crippen LogP) is 4.25. The molecule has 2 fully saturated rings. The van der Waals surface area contributed by atoms with Gasteiger partial charge in [0.2, 0.25) is 0 Å². The molecule has 2 N–H and O–H groups in total. The third kappa shape index (κ3) is 4.40. The zero-order valence-corrected chi connectivity index (χ0v) is 17.1. The van der Waals surface area contributed by atoms with E-state index in [0.29, 0.717) is 11.6 Å². The topological polar surface area (TPSA) is 76.4 Å². The summed E-state index contributed by atoms with van der Waals surface area (Å²) in [6.07, 6.45) is 4.85. The number of hydrogen-bond donors (Lipinski definition) is 2. The van der Waals surface area contributed by atoms with Gasteiger partial charge in [-0.05, 0) is 54.8 Å². The molecule has 1 saturated heterocycles. The molecule has 3 atom stereocenters. The number of benzene rings is 2. The molecule has 158 valence electrons. The van der Waals surface area contributed by atoms with Gasteiger partial charge in [-0.2, -0.15) is 5.26 Å². The molecule has 0 radical (unpaired) electrons. The fourth-order valence-corrected chi connectivity index (χ4v) is 4.45. The number of aliphatic hydroxyl groups is 1. The molecule has 5 nitrogen and oxygen atoms in total. The van der Waals surface area contributed by atoms with Gasteiger partial charge < -0.3 is 15.3 Å². The first-order valence-electron chi connectivity index (χ1n) is 10.6. The van der Waals surface area contributed by atoms with Gasteiger partial charge in [0, 0.05) is 23.1 Å². The molecule has 1 heterocycles. The summed E-state index contributed by atoms with van der Waals surface area (Å²) in [4.78, 5) is 14.0. The number of urea groups is 1. The number of aliphatic hydroxyl groups excluding tert-OH is 1. The fourth-order valence-electron chi connectivity index (χ4n) is 4.45. The Morgan fingerprint density at radius 2 is 1.81 bits per heavy atom. The molecule has 0 unspecified atom stereocenters. The van der Waals surface area contributed by atoms with Crippen LogP contribution in [0.1, 0.15) is 42.7 Å². The second-order valence-electron chi connectivity index (χ2n) is 8.07. The van der Waals surface area contributed by atoms with E-state index in [1.54, 1.807) is 0 Å². The molecule has 0 spiro atoms. The number of amides is 2. The monoisotopic (exact) mass is 417 g/mol. The number of carbonyl (C=O) groups excluding carboxylic acids is 1. The van der Waals surface area contributed by atoms with Crippen LogP contribution in [0.5, 0.6) is 0 Å². The number of halogens is 1. The van der Waals surface area contributed by atoms with Crippen LogP contribution in [-0.4, -0.2) is 34.7 Å². The molecule has 4 rings (SSSR count). The Balaban J connectivity index is 1.46. The van der Waals surface area contributed by atoms with Crippen LogP contribution in [0.2, 0.25) is 0 Å². The van der Waals surface area contributed by atoms with E-state index in [4.69, 9.17) is 0 Å². The first-order valence-corrected chi connectivity index (χ1v) is 10.6. The number of rotatable bonds is 3.